The molecule has 0 amide bonds. The van der Waals surface area contributed by atoms with Gasteiger partial charge in [-0.2, -0.15) is 5.21 Å². The van der Waals surface area contributed by atoms with Gasteiger partial charge in [-0.05, 0) is 0 Å². The van der Waals surface area contributed by atoms with Crippen molar-refractivity contribution in [3.05, 3.63) is 39.7 Å². The van der Waals surface area contributed by atoms with Crippen molar-refractivity contribution >= 4 is 22.3 Å². The van der Waals surface area contributed by atoms with Crippen LogP contribution in [0.3, 0.4) is 0 Å². The number of aromatic amines is 4. The van der Waals surface area contributed by atoms with Crippen LogP contribution in [0.15, 0.2) is 28.4 Å². The van der Waals surface area contributed by atoms with Crippen LogP contribution in [0.5, 0.6) is 0 Å². The van der Waals surface area contributed by atoms with Crippen LogP contribution >= 0.6 is 0 Å². The summed E-state index contributed by atoms with van der Waals surface area (Å²) in [7, 11) is 0. The fourth-order valence-electron chi connectivity index (χ4n) is 1.47. The summed E-state index contributed by atoms with van der Waals surface area (Å²) >= 11 is 0. The second kappa shape index (κ2) is 4.72. The molecule has 0 bridgehead atoms. The second-order valence-corrected chi connectivity index (χ2v) is 3.59. The zero-order valence-corrected chi connectivity index (χ0v) is 9.78. The van der Waals surface area contributed by atoms with Crippen LogP contribution < -0.4 is 11.2 Å². The van der Waals surface area contributed by atoms with Crippen LogP contribution in [0.4, 0.5) is 0 Å². The average Bonchev–Trinajstić information content (AvgIpc) is 3.06. The number of fused-ring (bicyclic) bond motifs is 2. The molecule has 0 saturated carbocycles. The van der Waals surface area contributed by atoms with Gasteiger partial charge in [-0.15, -0.1) is 10.2 Å². The predicted octanol–water partition coefficient (Wildman–Crippen LogP) is -1.31. The summed E-state index contributed by atoms with van der Waals surface area (Å²) < 4.78 is 0. The number of nitrogens with one attached hydrogen (secondary N) is 4. The molecule has 0 fully saturated rings. The van der Waals surface area contributed by atoms with E-state index in [-0.39, 0.29) is 11.2 Å². The molecule has 11 nitrogen and oxygen atoms in total. The highest BCUT2D eigenvalue weighted by Gasteiger charge is 2.02. The van der Waals surface area contributed by atoms with Crippen molar-refractivity contribution in [1.82, 2.24) is 45.3 Å². The smallest absolute Gasteiger partial charge is 0.327 e. The summed E-state index contributed by atoms with van der Waals surface area (Å²) in [5, 5.41) is 9.25. The first-order valence-corrected chi connectivity index (χ1v) is 5.36. The van der Waals surface area contributed by atoms with E-state index in [4.69, 9.17) is 0 Å². The molecular formula is C9H7N9O2. The normalized spacial score (nSPS) is 10.4. The van der Waals surface area contributed by atoms with Crippen LogP contribution in [-0.4, -0.2) is 45.3 Å². The highest BCUT2D eigenvalue weighted by atomic mass is 16.2. The van der Waals surface area contributed by atoms with Crippen molar-refractivity contribution < 1.29 is 0 Å². The Morgan fingerprint density at radius 3 is 2.80 bits per heavy atom. The molecule has 4 aromatic heterocycles. The van der Waals surface area contributed by atoms with E-state index in [2.05, 4.69) is 40.3 Å². The van der Waals surface area contributed by atoms with E-state index < -0.39 is 11.2 Å². The predicted molar refractivity (Wildman–Crippen MR) is 66.8 cm³/mol. The van der Waals surface area contributed by atoms with E-state index in [1.54, 1.807) is 12.5 Å². The van der Waals surface area contributed by atoms with Crippen LogP contribution in [-0.2, 0) is 0 Å². The Labute approximate surface area is 108 Å². The van der Waals surface area contributed by atoms with Gasteiger partial charge in [-0.3, -0.25) is 14.8 Å². The van der Waals surface area contributed by atoms with Gasteiger partial charge in [-0.1, -0.05) is 0 Å². The Bertz CT molecular complexity index is 932. The first kappa shape index (κ1) is 11.7. The third-order valence-corrected chi connectivity index (χ3v) is 2.32. The van der Waals surface area contributed by atoms with Crippen molar-refractivity contribution in [2.45, 2.75) is 0 Å². The molecule has 0 aliphatic carbocycles. The molecule has 4 aromatic rings. The van der Waals surface area contributed by atoms with Gasteiger partial charge in [0.2, 0.25) is 0 Å². The third kappa shape index (κ3) is 2.14. The van der Waals surface area contributed by atoms with E-state index in [0.717, 1.165) is 5.52 Å². The summed E-state index contributed by atoms with van der Waals surface area (Å²) in [6.45, 7) is 0. The molecule has 0 spiro atoms. The number of rotatable bonds is 0. The SMILES string of the molecule is O=c1[nH]c(=O)c2n[nH]nc2[nH]1.c1ncc2[nH]cnc2n1. The second-order valence-electron chi connectivity index (χ2n) is 3.59. The summed E-state index contributed by atoms with van der Waals surface area (Å²) in [4.78, 5) is 40.3. The molecule has 0 radical (unpaired) electrons. The van der Waals surface area contributed by atoms with Gasteiger partial charge in [0.1, 0.15) is 11.8 Å². The standard InChI is InChI=1S/C5H4N4.C4H3N5O2/c1-4-5(8-2-6-1)9-3-7-4;10-3-1-2(8-9-7-1)5-4(11)6-3/h1-3H,(H,6,7,8,9);(H3,5,6,7,8,9,10,11). The molecule has 100 valence electrons. The number of imidazole rings is 1. The van der Waals surface area contributed by atoms with Gasteiger partial charge < -0.3 is 4.98 Å². The number of nitrogens with zero attached hydrogens (tertiary/aromatic N) is 5. The first-order valence-electron chi connectivity index (χ1n) is 5.36. The summed E-state index contributed by atoms with van der Waals surface area (Å²) in [5.41, 5.74) is 0.722. The van der Waals surface area contributed by atoms with Gasteiger partial charge >= 0.3 is 5.69 Å². The van der Waals surface area contributed by atoms with Crippen molar-refractivity contribution in [3.63, 3.8) is 0 Å². The van der Waals surface area contributed by atoms with Crippen LogP contribution in [0.1, 0.15) is 0 Å². The van der Waals surface area contributed by atoms with Gasteiger partial charge in [0.15, 0.2) is 16.8 Å². The molecule has 0 unspecified atom stereocenters. The minimum absolute atomic E-state index is 0.101. The van der Waals surface area contributed by atoms with Crippen molar-refractivity contribution in [3.8, 4) is 0 Å². The Morgan fingerprint density at radius 1 is 1.05 bits per heavy atom. The van der Waals surface area contributed by atoms with Crippen LogP contribution in [0, 0.1) is 0 Å². The maximum Gasteiger partial charge on any atom is 0.327 e. The molecule has 4 N–H and O–H groups in total. The van der Waals surface area contributed by atoms with E-state index >= 15 is 0 Å². The Morgan fingerprint density at radius 2 is 1.95 bits per heavy atom. The Hall–Kier alpha value is -3.37. The van der Waals surface area contributed by atoms with Crippen molar-refractivity contribution in [1.29, 1.82) is 0 Å². The van der Waals surface area contributed by atoms with E-state index in [1.807, 2.05) is 4.98 Å². The maximum atomic E-state index is 10.9. The number of aromatic nitrogens is 9. The van der Waals surface area contributed by atoms with Crippen LogP contribution in [0.2, 0.25) is 0 Å². The van der Waals surface area contributed by atoms with Gasteiger partial charge in [0, 0.05) is 0 Å². The van der Waals surface area contributed by atoms with E-state index in [0.29, 0.717) is 5.65 Å². The highest BCUT2D eigenvalue weighted by Crippen LogP contribution is 1.99. The lowest BCUT2D eigenvalue weighted by molar-refractivity contribution is 0.953. The molecule has 4 rings (SSSR count). The first-order chi connectivity index (χ1) is 9.74. The number of H-pyrrole nitrogens is 4. The van der Waals surface area contributed by atoms with Crippen molar-refractivity contribution in [2.75, 3.05) is 0 Å². The summed E-state index contributed by atoms with van der Waals surface area (Å²) in [6.07, 6.45) is 4.76. The molecule has 0 aliphatic heterocycles. The average molecular weight is 273 g/mol. The lowest BCUT2D eigenvalue weighted by Gasteiger charge is -1.81. The van der Waals surface area contributed by atoms with E-state index in [1.165, 1.54) is 6.33 Å². The summed E-state index contributed by atoms with van der Waals surface area (Å²) in [5.74, 6) is 0. The Balaban J connectivity index is 0.000000123. The fraction of sp³-hybridized carbons (Fsp3) is 0. The molecule has 11 heteroatoms. The highest BCUT2D eigenvalue weighted by molar-refractivity contribution is 5.67. The fourth-order valence-corrected chi connectivity index (χ4v) is 1.47. The zero-order valence-electron chi connectivity index (χ0n) is 9.78. The molecule has 0 aromatic carbocycles. The van der Waals surface area contributed by atoms with Gasteiger partial charge in [-0.25, -0.2) is 19.7 Å². The molecular weight excluding hydrogens is 266 g/mol. The third-order valence-electron chi connectivity index (χ3n) is 2.32. The number of hydrogen-bond acceptors (Lipinski definition) is 7. The molecule has 0 aliphatic rings. The largest absolute Gasteiger partial charge is 0.342 e. The lowest BCUT2D eigenvalue weighted by Crippen LogP contribution is -2.21. The molecule has 0 atom stereocenters. The van der Waals surface area contributed by atoms with E-state index in [9.17, 15) is 9.59 Å². The molecule has 4 heterocycles. The monoisotopic (exact) mass is 273 g/mol. The minimum atomic E-state index is -0.587. The minimum Gasteiger partial charge on any atom is -0.342 e. The Kier molecular flexibility index (Phi) is 2.76. The van der Waals surface area contributed by atoms with Crippen LogP contribution in [0.25, 0.3) is 22.3 Å². The molecule has 20 heavy (non-hydrogen) atoms. The van der Waals surface area contributed by atoms with Gasteiger partial charge in [0.05, 0.1) is 12.5 Å². The zero-order chi connectivity index (χ0) is 13.9. The van der Waals surface area contributed by atoms with Crippen molar-refractivity contribution in [2.24, 2.45) is 0 Å². The van der Waals surface area contributed by atoms with Gasteiger partial charge in [0.25, 0.3) is 5.56 Å². The quantitative estimate of drug-likeness (QED) is 0.309. The number of hydrogen-bond donors (Lipinski definition) is 4. The summed E-state index contributed by atoms with van der Waals surface area (Å²) in [6, 6.07) is 0. The lowest BCUT2D eigenvalue weighted by atomic mass is 10.5. The maximum absolute atomic E-state index is 10.9. The topological polar surface area (TPSA) is 162 Å². The molecule has 0 saturated heterocycles.